The van der Waals surface area contributed by atoms with Gasteiger partial charge in [-0.1, -0.05) is 0 Å². The summed E-state index contributed by atoms with van der Waals surface area (Å²) >= 11 is 0. The second kappa shape index (κ2) is 9.04. The molecule has 1 N–H and O–H groups in total. The zero-order valence-corrected chi connectivity index (χ0v) is 17.3. The lowest BCUT2D eigenvalue weighted by Crippen LogP contribution is -2.50. The van der Waals surface area contributed by atoms with E-state index in [2.05, 4.69) is 45.2 Å². The van der Waals surface area contributed by atoms with Crippen molar-refractivity contribution in [3.63, 3.8) is 0 Å². The van der Waals surface area contributed by atoms with E-state index in [1.54, 1.807) is 12.4 Å². The minimum Gasteiger partial charge on any atom is -0.368 e. The quantitative estimate of drug-likeness (QED) is 0.543. The monoisotopic (exact) mass is 394 g/mol. The summed E-state index contributed by atoms with van der Waals surface area (Å²) in [6.45, 7) is 4.20. The summed E-state index contributed by atoms with van der Waals surface area (Å²) in [5.41, 5.74) is 3.18. The average Bonchev–Trinajstić information content (AvgIpc) is 3.58. The second-order valence-corrected chi connectivity index (χ2v) is 8.49. The maximum Gasteiger partial charge on any atom is 0.113 e. The summed E-state index contributed by atoms with van der Waals surface area (Å²) in [6, 6.07) is 6.54. The Morgan fingerprint density at radius 2 is 1.97 bits per heavy atom. The fourth-order valence-corrected chi connectivity index (χ4v) is 4.28. The summed E-state index contributed by atoms with van der Waals surface area (Å²) in [6.07, 6.45) is 7.25. The Bertz CT molecular complexity index is 875. The third-order valence-corrected chi connectivity index (χ3v) is 5.99. The molecule has 2 atom stereocenters. The predicted octanol–water partition coefficient (Wildman–Crippen LogP) is 2.23. The fraction of sp³-hybridized carbons (Fsp3) is 0.591. The molecule has 1 aromatic heterocycles. The Labute approximate surface area is 172 Å². The molecule has 1 aliphatic carbocycles. The third-order valence-electron chi connectivity index (χ3n) is 5.99. The Balaban J connectivity index is 1.49. The van der Waals surface area contributed by atoms with Gasteiger partial charge in [0.05, 0.1) is 24.6 Å². The van der Waals surface area contributed by atoms with E-state index in [0.29, 0.717) is 29.8 Å². The van der Waals surface area contributed by atoms with Crippen molar-refractivity contribution in [2.75, 3.05) is 52.0 Å². The van der Waals surface area contributed by atoms with Crippen molar-refractivity contribution in [1.82, 2.24) is 20.2 Å². The highest BCUT2D eigenvalue weighted by Gasteiger charge is 2.37. The number of fused-ring (bicyclic) bond motifs is 1. The number of anilines is 1. The molecule has 2 aromatic rings. The molecule has 0 bridgehead atoms. The predicted molar refractivity (Wildman–Crippen MR) is 114 cm³/mol. The molecule has 7 heteroatoms. The van der Waals surface area contributed by atoms with Crippen LogP contribution in [0.3, 0.4) is 0 Å². The molecule has 0 amide bonds. The van der Waals surface area contributed by atoms with Crippen molar-refractivity contribution in [1.29, 1.82) is 5.26 Å². The van der Waals surface area contributed by atoms with Gasteiger partial charge in [0.2, 0.25) is 0 Å². The number of aromatic nitrogens is 2. The first kappa shape index (κ1) is 20.0. The third kappa shape index (κ3) is 4.84. The van der Waals surface area contributed by atoms with Crippen LogP contribution in [0.5, 0.6) is 0 Å². The van der Waals surface area contributed by atoms with Gasteiger partial charge < -0.3 is 14.5 Å². The first-order valence-corrected chi connectivity index (χ1v) is 10.5. The number of hydrogen-bond donors (Lipinski definition) is 1. The van der Waals surface area contributed by atoms with E-state index in [4.69, 9.17) is 4.74 Å². The van der Waals surface area contributed by atoms with Crippen LogP contribution in [0.25, 0.3) is 11.0 Å². The number of nitrogens with zero attached hydrogens (tertiary/aromatic N) is 5. The molecule has 0 spiro atoms. The zero-order valence-electron chi connectivity index (χ0n) is 17.3. The molecule has 1 saturated heterocycles. The summed E-state index contributed by atoms with van der Waals surface area (Å²) in [5, 5.41) is 13.0. The van der Waals surface area contributed by atoms with Crippen LogP contribution < -0.4 is 10.2 Å². The van der Waals surface area contributed by atoms with Gasteiger partial charge in [0.1, 0.15) is 17.1 Å². The number of benzene rings is 1. The van der Waals surface area contributed by atoms with Crippen molar-refractivity contribution >= 4 is 16.7 Å². The maximum absolute atomic E-state index is 9.42. The summed E-state index contributed by atoms with van der Waals surface area (Å²) in [4.78, 5) is 13.6. The summed E-state index contributed by atoms with van der Waals surface area (Å²) in [7, 11) is 4.11. The Kier molecular flexibility index (Phi) is 6.24. The largest absolute Gasteiger partial charge is 0.368 e. The van der Waals surface area contributed by atoms with Gasteiger partial charge in [-0.05, 0) is 57.3 Å². The lowest BCUT2D eigenvalue weighted by molar-refractivity contribution is 0.0901. The van der Waals surface area contributed by atoms with Crippen LogP contribution in [-0.4, -0.2) is 68.0 Å². The summed E-state index contributed by atoms with van der Waals surface area (Å²) in [5.74, 6) is 1.53. The Morgan fingerprint density at radius 3 is 2.69 bits per heavy atom. The van der Waals surface area contributed by atoms with Crippen molar-refractivity contribution in [3.05, 3.63) is 30.1 Å². The van der Waals surface area contributed by atoms with Crippen molar-refractivity contribution in [3.8, 4) is 6.07 Å². The first-order valence-electron chi connectivity index (χ1n) is 10.5. The standard InChI is InChI=1S/C22H30N6O/c1-27(2)9-10-29-15-26-19-11-18(16-3-4-16)13-28(14-19)20-6-5-17(12-23)21-22(20)25-8-7-24-21/h5-8,16,18-19,26H,3-4,9-11,13-15H2,1-2H3. The number of likely N-dealkylation sites (N-methyl/N-ethyl adjacent to an activating group) is 1. The molecule has 7 nitrogen and oxygen atoms in total. The highest BCUT2D eigenvalue weighted by atomic mass is 16.5. The van der Waals surface area contributed by atoms with Gasteiger partial charge in [0.25, 0.3) is 0 Å². The number of rotatable bonds is 8. The number of piperidine rings is 1. The molecular weight excluding hydrogens is 364 g/mol. The molecule has 1 aromatic carbocycles. The van der Waals surface area contributed by atoms with E-state index in [1.165, 1.54) is 19.3 Å². The van der Waals surface area contributed by atoms with Gasteiger partial charge in [-0.15, -0.1) is 0 Å². The first-order chi connectivity index (χ1) is 14.2. The molecule has 1 aliphatic heterocycles. The number of nitrogens with one attached hydrogen (secondary N) is 1. The van der Waals surface area contributed by atoms with Crippen LogP contribution in [0, 0.1) is 23.2 Å². The van der Waals surface area contributed by atoms with E-state index in [0.717, 1.165) is 43.4 Å². The Morgan fingerprint density at radius 1 is 1.17 bits per heavy atom. The van der Waals surface area contributed by atoms with Crippen LogP contribution >= 0.6 is 0 Å². The van der Waals surface area contributed by atoms with Gasteiger partial charge in [-0.25, -0.2) is 0 Å². The molecule has 2 fully saturated rings. The van der Waals surface area contributed by atoms with Crippen molar-refractivity contribution < 1.29 is 4.74 Å². The van der Waals surface area contributed by atoms with Gasteiger partial charge >= 0.3 is 0 Å². The van der Waals surface area contributed by atoms with Crippen LogP contribution in [0.2, 0.25) is 0 Å². The molecule has 1 saturated carbocycles. The lowest BCUT2D eigenvalue weighted by Gasteiger charge is -2.40. The highest BCUT2D eigenvalue weighted by Crippen LogP contribution is 2.42. The van der Waals surface area contributed by atoms with Crippen LogP contribution in [0.4, 0.5) is 5.69 Å². The molecule has 0 radical (unpaired) electrons. The smallest absolute Gasteiger partial charge is 0.113 e. The second-order valence-electron chi connectivity index (χ2n) is 8.49. The van der Waals surface area contributed by atoms with E-state index >= 15 is 0 Å². The molecule has 2 aliphatic rings. The van der Waals surface area contributed by atoms with Crippen LogP contribution in [0.15, 0.2) is 24.5 Å². The molecule has 4 rings (SSSR count). The van der Waals surface area contributed by atoms with Crippen LogP contribution in [-0.2, 0) is 4.74 Å². The van der Waals surface area contributed by atoms with Gasteiger partial charge in [-0.3, -0.25) is 15.3 Å². The van der Waals surface area contributed by atoms with E-state index in [9.17, 15) is 5.26 Å². The van der Waals surface area contributed by atoms with Crippen LogP contribution in [0.1, 0.15) is 24.8 Å². The van der Waals surface area contributed by atoms with E-state index < -0.39 is 0 Å². The minimum atomic E-state index is 0.385. The van der Waals surface area contributed by atoms with E-state index in [1.807, 2.05) is 12.1 Å². The fourth-order valence-electron chi connectivity index (χ4n) is 4.28. The number of nitriles is 1. The topological polar surface area (TPSA) is 77.3 Å². The molecule has 29 heavy (non-hydrogen) atoms. The number of ether oxygens (including phenoxy) is 1. The molecule has 2 unspecified atom stereocenters. The molecule has 154 valence electrons. The Hall–Kier alpha value is -2.27. The lowest BCUT2D eigenvalue weighted by atomic mass is 9.89. The van der Waals surface area contributed by atoms with Crippen molar-refractivity contribution in [2.24, 2.45) is 11.8 Å². The van der Waals surface area contributed by atoms with Gasteiger partial charge in [-0.2, -0.15) is 5.26 Å². The van der Waals surface area contributed by atoms with E-state index in [-0.39, 0.29) is 0 Å². The van der Waals surface area contributed by atoms with Crippen molar-refractivity contribution in [2.45, 2.75) is 25.3 Å². The highest BCUT2D eigenvalue weighted by molar-refractivity contribution is 5.92. The maximum atomic E-state index is 9.42. The number of hydrogen-bond acceptors (Lipinski definition) is 7. The average molecular weight is 395 g/mol. The SMILES string of the molecule is CN(C)CCOCNC1CC(C2CC2)CN(c2ccc(C#N)c3nccnc23)C1. The molecule has 2 heterocycles. The summed E-state index contributed by atoms with van der Waals surface area (Å²) < 4.78 is 5.77. The van der Waals surface area contributed by atoms with Gasteiger partial charge in [0.15, 0.2) is 0 Å². The normalized spacial score (nSPS) is 22.2. The zero-order chi connectivity index (χ0) is 20.2. The molecular formula is C22H30N6O. The van der Waals surface area contributed by atoms with Gasteiger partial charge in [0, 0.05) is 38.1 Å². The minimum absolute atomic E-state index is 0.385.